The number of para-hydroxylation sites is 1. The van der Waals surface area contributed by atoms with E-state index in [1.807, 2.05) is 18.2 Å². The maximum atomic E-state index is 11.2. The minimum Gasteiger partial charge on any atom is -0.478 e. The minimum atomic E-state index is -1.36. The molecule has 33 heavy (non-hydrogen) atoms. The number of aliphatic hydroxyl groups is 1. The van der Waals surface area contributed by atoms with Crippen LogP contribution in [0, 0.1) is 0 Å². The largest absolute Gasteiger partial charge is 0.478 e. The van der Waals surface area contributed by atoms with Gasteiger partial charge in [-0.1, -0.05) is 42.5 Å². The summed E-state index contributed by atoms with van der Waals surface area (Å²) < 4.78 is 5.96. The highest BCUT2D eigenvalue weighted by molar-refractivity contribution is 5.88. The molecular weight excluding hydrogens is 422 g/mol. The number of carboxylic acid groups (broad SMARTS) is 2. The topological polar surface area (TPSA) is 130 Å². The summed E-state index contributed by atoms with van der Waals surface area (Å²) >= 11 is 0. The fourth-order valence-electron chi connectivity index (χ4n) is 3.66. The van der Waals surface area contributed by atoms with Crippen molar-refractivity contribution in [3.8, 4) is 5.75 Å². The van der Waals surface area contributed by atoms with Gasteiger partial charge in [0, 0.05) is 12.3 Å². The van der Waals surface area contributed by atoms with Gasteiger partial charge in [-0.15, -0.1) is 0 Å². The van der Waals surface area contributed by atoms with Crippen molar-refractivity contribution in [2.24, 2.45) is 5.73 Å². The summed E-state index contributed by atoms with van der Waals surface area (Å²) in [7, 11) is 0. The van der Waals surface area contributed by atoms with Gasteiger partial charge < -0.3 is 20.1 Å². The number of benzene rings is 3. The monoisotopic (exact) mass is 449 g/mol. The van der Waals surface area contributed by atoms with Crippen LogP contribution in [-0.4, -0.2) is 39.1 Å². The zero-order chi connectivity index (χ0) is 24.0. The van der Waals surface area contributed by atoms with E-state index in [1.165, 1.54) is 24.3 Å². The third-order valence-corrected chi connectivity index (χ3v) is 5.70. The van der Waals surface area contributed by atoms with Crippen LogP contribution < -0.4 is 10.5 Å². The summed E-state index contributed by atoms with van der Waals surface area (Å²) in [5, 5.41) is 28.8. The second-order valence-corrected chi connectivity index (χ2v) is 7.99. The summed E-state index contributed by atoms with van der Waals surface area (Å²) in [5.41, 5.74) is 7.14. The van der Waals surface area contributed by atoms with Crippen LogP contribution in [0.5, 0.6) is 5.75 Å². The van der Waals surface area contributed by atoms with Gasteiger partial charge in [0.1, 0.15) is 11.9 Å². The molecular formula is C26H27NO6. The second kappa shape index (κ2) is 10.3. The van der Waals surface area contributed by atoms with Crippen molar-refractivity contribution in [1.29, 1.82) is 0 Å². The first kappa shape index (κ1) is 24.0. The first-order valence-corrected chi connectivity index (χ1v) is 10.6. The maximum absolute atomic E-state index is 11.2. The van der Waals surface area contributed by atoms with Crippen molar-refractivity contribution in [1.82, 2.24) is 0 Å². The number of hydrogen-bond donors (Lipinski definition) is 4. The lowest BCUT2D eigenvalue weighted by Gasteiger charge is -2.34. The van der Waals surface area contributed by atoms with E-state index >= 15 is 0 Å². The normalized spacial score (nSPS) is 13.8. The molecule has 172 valence electrons. The van der Waals surface area contributed by atoms with E-state index in [9.17, 15) is 24.9 Å². The van der Waals surface area contributed by atoms with Gasteiger partial charge in [-0.3, -0.25) is 5.73 Å². The second-order valence-electron chi connectivity index (χ2n) is 7.99. The number of hydrogen-bond acceptors (Lipinski definition) is 5. The number of rotatable bonds is 10. The molecule has 3 aromatic carbocycles. The average Bonchev–Trinajstić information content (AvgIpc) is 2.80. The number of aliphatic hydroxyl groups excluding tert-OH is 1. The number of carbonyl (C=O) groups is 2. The predicted octanol–water partition coefficient (Wildman–Crippen LogP) is 4.11. The fourth-order valence-corrected chi connectivity index (χ4v) is 3.66. The molecule has 3 aromatic rings. The lowest BCUT2D eigenvalue weighted by Crippen LogP contribution is -2.54. The van der Waals surface area contributed by atoms with Gasteiger partial charge in [0.15, 0.2) is 5.72 Å². The van der Waals surface area contributed by atoms with Gasteiger partial charge in [0.25, 0.3) is 0 Å². The van der Waals surface area contributed by atoms with Crippen LogP contribution in [0.15, 0.2) is 78.9 Å². The third kappa shape index (κ3) is 5.97. The Hall–Kier alpha value is -3.68. The number of nitrogens with two attached hydrogens (primary N) is 1. The van der Waals surface area contributed by atoms with E-state index in [0.717, 1.165) is 11.1 Å². The van der Waals surface area contributed by atoms with Crippen LogP contribution >= 0.6 is 0 Å². The highest BCUT2D eigenvalue weighted by Crippen LogP contribution is 2.33. The Labute approximate surface area is 192 Å². The molecule has 0 bridgehead atoms. The SMILES string of the molecule is CC(O)C(N)(CCC(c1ccc(C(=O)O)cc1)c1ccc(C(=O)O)cc1)Oc1ccccc1. The van der Waals surface area contributed by atoms with Gasteiger partial charge >= 0.3 is 11.9 Å². The van der Waals surface area contributed by atoms with E-state index < -0.39 is 23.8 Å². The summed E-state index contributed by atoms with van der Waals surface area (Å²) in [5.74, 6) is -1.73. The predicted molar refractivity (Wildman–Crippen MR) is 124 cm³/mol. The Kier molecular flexibility index (Phi) is 7.48. The van der Waals surface area contributed by atoms with Crippen LogP contribution in [-0.2, 0) is 0 Å². The van der Waals surface area contributed by atoms with Gasteiger partial charge in [-0.2, -0.15) is 0 Å². The maximum Gasteiger partial charge on any atom is 0.335 e. The van der Waals surface area contributed by atoms with Crippen LogP contribution in [0.25, 0.3) is 0 Å². The molecule has 7 heteroatoms. The molecule has 3 rings (SSSR count). The van der Waals surface area contributed by atoms with Crippen LogP contribution in [0.4, 0.5) is 0 Å². The Morgan fingerprint density at radius 1 is 0.848 bits per heavy atom. The van der Waals surface area contributed by atoms with E-state index in [4.69, 9.17) is 10.5 Å². The van der Waals surface area contributed by atoms with Crippen molar-refractivity contribution >= 4 is 11.9 Å². The summed E-state index contributed by atoms with van der Waals surface area (Å²) in [6.07, 6.45) is -0.222. The van der Waals surface area contributed by atoms with E-state index in [1.54, 1.807) is 43.3 Å². The highest BCUT2D eigenvalue weighted by Gasteiger charge is 2.34. The standard InChI is InChI=1S/C26H27NO6/c1-17(28)26(27,33-22-5-3-2-4-6-22)16-15-23(18-7-11-20(12-8-18)24(29)30)19-9-13-21(14-10-19)25(31)32/h2-14,17,23,28H,15-16,27H2,1H3,(H,29,30)(H,31,32). The molecule has 2 atom stereocenters. The van der Waals surface area contributed by atoms with Crippen LogP contribution in [0.2, 0.25) is 0 Å². The zero-order valence-corrected chi connectivity index (χ0v) is 18.2. The number of carboxylic acids is 2. The van der Waals surface area contributed by atoms with Gasteiger partial charge in [0.2, 0.25) is 0 Å². The van der Waals surface area contributed by atoms with E-state index in [0.29, 0.717) is 12.2 Å². The Morgan fingerprint density at radius 2 is 1.30 bits per heavy atom. The highest BCUT2D eigenvalue weighted by atomic mass is 16.5. The molecule has 0 aliphatic rings. The fraction of sp³-hybridized carbons (Fsp3) is 0.231. The lowest BCUT2D eigenvalue weighted by atomic mass is 9.84. The molecule has 5 N–H and O–H groups in total. The first-order chi connectivity index (χ1) is 15.7. The molecule has 0 radical (unpaired) electrons. The minimum absolute atomic E-state index is 0.170. The van der Waals surface area contributed by atoms with Crippen molar-refractivity contribution < 1.29 is 29.6 Å². The first-order valence-electron chi connectivity index (χ1n) is 10.6. The number of aromatic carboxylic acids is 2. The summed E-state index contributed by atoms with van der Waals surface area (Å²) in [4.78, 5) is 22.5. The Balaban J connectivity index is 1.91. The van der Waals surface area contributed by atoms with Crippen molar-refractivity contribution in [3.05, 3.63) is 101 Å². The van der Waals surface area contributed by atoms with Crippen LogP contribution in [0.1, 0.15) is 57.5 Å². The van der Waals surface area contributed by atoms with E-state index in [-0.39, 0.29) is 23.5 Å². The molecule has 0 aliphatic heterocycles. The van der Waals surface area contributed by atoms with Crippen molar-refractivity contribution in [2.45, 2.75) is 37.5 Å². The smallest absolute Gasteiger partial charge is 0.335 e. The quantitative estimate of drug-likeness (QED) is 0.343. The molecule has 0 fully saturated rings. The average molecular weight is 450 g/mol. The lowest BCUT2D eigenvalue weighted by molar-refractivity contribution is -0.0484. The third-order valence-electron chi connectivity index (χ3n) is 5.70. The molecule has 0 heterocycles. The molecule has 0 saturated heterocycles. The van der Waals surface area contributed by atoms with Crippen LogP contribution in [0.3, 0.4) is 0 Å². The van der Waals surface area contributed by atoms with Gasteiger partial charge in [-0.25, -0.2) is 9.59 Å². The Morgan fingerprint density at radius 3 is 1.70 bits per heavy atom. The molecule has 0 spiro atoms. The van der Waals surface area contributed by atoms with E-state index in [2.05, 4.69) is 0 Å². The van der Waals surface area contributed by atoms with Gasteiger partial charge in [-0.05, 0) is 60.9 Å². The summed E-state index contributed by atoms with van der Waals surface area (Å²) in [6, 6.07) is 22.1. The molecule has 0 aliphatic carbocycles. The molecule has 7 nitrogen and oxygen atoms in total. The molecule has 0 aromatic heterocycles. The van der Waals surface area contributed by atoms with Crippen molar-refractivity contribution in [2.75, 3.05) is 0 Å². The number of ether oxygens (including phenoxy) is 1. The van der Waals surface area contributed by atoms with Crippen molar-refractivity contribution in [3.63, 3.8) is 0 Å². The zero-order valence-electron chi connectivity index (χ0n) is 18.2. The molecule has 0 amide bonds. The molecule has 2 unspecified atom stereocenters. The van der Waals surface area contributed by atoms with Gasteiger partial charge in [0.05, 0.1) is 11.1 Å². The molecule has 0 saturated carbocycles. The Bertz CT molecular complexity index is 1020. The summed E-state index contributed by atoms with van der Waals surface area (Å²) in [6.45, 7) is 1.57.